The standard InChI is InChI=1S/C18H16N2O/c1-2-14(10-13-4-3-9-19-12-13)15-5-7-17-16(11-15)6-8-18(21)20-17/h3-12H,2H2,1H3,(H,20,21). The third-order valence-corrected chi connectivity index (χ3v) is 3.50. The van der Waals surface area contributed by atoms with E-state index < -0.39 is 0 Å². The Hall–Kier alpha value is -2.68. The molecule has 0 atom stereocenters. The van der Waals surface area contributed by atoms with Crippen molar-refractivity contribution in [3.05, 3.63) is 76.3 Å². The van der Waals surface area contributed by atoms with E-state index in [1.54, 1.807) is 12.3 Å². The molecule has 0 aliphatic rings. The van der Waals surface area contributed by atoms with Gasteiger partial charge in [0.05, 0.1) is 0 Å². The zero-order chi connectivity index (χ0) is 14.7. The van der Waals surface area contributed by atoms with E-state index in [0.717, 1.165) is 22.9 Å². The molecule has 0 unspecified atom stereocenters. The molecule has 3 aromatic rings. The second kappa shape index (κ2) is 5.75. The first-order valence-electron chi connectivity index (χ1n) is 7.00. The van der Waals surface area contributed by atoms with Crippen molar-refractivity contribution in [3.63, 3.8) is 0 Å². The van der Waals surface area contributed by atoms with Gasteiger partial charge in [0.2, 0.25) is 5.56 Å². The predicted molar refractivity (Wildman–Crippen MR) is 87.0 cm³/mol. The van der Waals surface area contributed by atoms with E-state index in [0.29, 0.717) is 0 Å². The van der Waals surface area contributed by atoms with E-state index in [9.17, 15) is 4.79 Å². The number of nitrogens with zero attached hydrogens (tertiary/aromatic N) is 1. The number of H-pyrrole nitrogens is 1. The van der Waals surface area contributed by atoms with Gasteiger partial charge in [-0.15, -0.1) is 0 Å². The summed E-state index contributed by atoms with van der Waals surface area (Å²) in [5.41, 5.74) is 4.30. The molecule has 1 N–H and O–H groups in total. The zero-order valence-electron chi connectivity index (χ0n) is 11.8. The number of rotatable bonds is 3. The molecule has 104 valence electrons. The zero-order valence-corrected chi connectivity index (χ0v) is 11.8. The van der Waals surface area contributed by atoms with E-state index in [1.807, 2.05) is 36.5 Å². The second-order valence-electron chi connectivity index (χ2n) is 4.93. The first kappa shape index (κ1) is 13.3. The van der Waals surface area contributed by atoms with Crippen molar-refractivity contribution >= 4 is 22.6 Å². The number of pyridine rings is 2. The fourth-order valence-corrected chi connectivity index (χ4v) is 2.41. The Labute approximate surface area is 123 Å². The van der Waals surface area contributed by atoms with Gasteiger partial charge in [-0.25, -0.2) is 0 Å². The van der Waals surface area contributed by atoms with E-state index in [4.69, 9.17) is 0 Å². The minimum Gasteiger partial charge on any atom is -0.322 e. The lowest BCUT2D eigenvalue weighted by atomic mass is 9.99. The Balaban J connectivity index is 2.07. The maximum Gasteiger partial charge on any atom is 0.248 e. The maximum absolute atomic E-state index is 11.3. The van der Waals surface area contributed by atoms with Gasteiger partial charge in [0.1, 0.15) is 0 Å². The summed E-state index contributed by atoms with van der Waals surface area (Å²) in [6.45, 7) is 2.14. The van der Waals surface area contributed by atoms with Crippen LogP contribution in [0.1, 0.15) is 24.5 Å². The Kier molecular flexibility index (Phi) is 3.65. The normalized spacial score (nSPS) is 11.8. The number of allylic oxidation sites excluding steroid dienone is 1. The van der Waals surface area contributed by atoms with E-state index >= 15 is 0 Å². The molecule has 0 aliphatic carbocycles. The first-order chi connectivity index (χ1) is 10.3. The summed E-state index contributed by atoms with van der Waals surface area (Å²) in [5, 5.41) is 1.04. The maximum atomic E-state index is 11.3. The van der Waals surface area contributed by atoms with Crippen molar-refractivity contribution in [2.75, 3.05) is 0 Å². The lowest BCUT2D eigenvalue weighted by Crippen LogP contribution is -2.02. The molecule has 0 amide bonds. The van der Waals surface area contributed by atoms with Crippen LogP contribution >= 0.6 is 0 Å². The lowest BCUT2D eigenvalue weighted by Gasteiger charge is -2.07. The van der Waals surface area contributed by atoms with E-state index in [-0.39, 0.29) is 5.56 Å². The summed E-state index contributed by atoms with van der Waals surface area (Å²) >= 11 is 0. The Bertz CT molecular complexity index is 848. The number of hydrogen-bond donors (Lipinski definition) is 1. The Morgan fingerprint density at radius 1 is 1.24 bits per heavy atom. The number of hydrogen-bond acceptors (Lipinski definition) is 2. The van der Waals surface area contributed by atoms with Gasteiger partial charge in [0.25, 0.3) is 0 Å². The van der Waals surface area contributed by atoms with Crippen molar-refractivity contribution < 1.29 is 0 Å². The minimum atomic E-state index is -0.0723. The average molecular weight is 276 g/mol. The molecule has 0 aliphatic heterocycles. The van der Waals surface area contributed by atoms with Crippen LogP contribution < -0.4 is 5.56 Å². The quantitative estimate of drug-likeness (QED) is 0.789. The van der Waals surface area contributed by atoms with E-state index in [2.05, 4.69) is 29.0 Å². The van der Waals surface area contributed by atoms with Crippen molar-refractivity contribution in [2.24, 2.45) is 0 Å². The van der Waals surface area contributed by atoms with Crippen LogP contribution in [0.4, 0.5) is 0 Å². The number of aromatic nitrogens is 2. The van der Waals surface area contributed by atoms with Crippen LogP contribution in [0.15, 0.2) is 59.7 Å². The average Bonchev–Trinajstić information content (AvgIpc) is 2.53. The number of benzene rings is 1. The highest BCUT2D eigenvalue weighted by Gasteiger charge is 2.02. The second-order valence-corrected chi connectivity index (χ2v) is 4.93. The smallest absolute Gasteiger partial charge is 0.248 e. The highest BCUT2D eigenvalue weighted by atomic mass is 16.1. The van der Waals surface area contributed by atoms with Gasteiger partial charge in [-0.2, -0.15) is 0 Å². The molecule has 0 fully saturated rings. The molecule has 2 aromatic heterocycles. The molecule has 2 heterocycles. The third-order valence-electron chi connectivity index (χ3n) is 3.50. The van der Waals surface area contributed by atoms with Gasteiger partial charge < -0.3 is 4.98 Å². The molecular weight excluding hydrogens is 260 g/mol. The van der Waals surface area contributed by atoms with Crippen molar-refractivity contribution in [1.82, 2.24) is 9.97 Å². The van der Waals surface area contributed by atoms with Crippen molar-refractivity contribution in [1.29, 1.82) is 0 Å². The number of fused-ring (bicyclic) bond motifs is 1. The molecule has 0 spiro atoms. The molecule has 1 aromatic carbocycles. The summed E-state index contributed by atoms with van der Waals surface area (Å²) in [7, 11) is 0. The molecule has 0 saturated heterocycles. The van der Waals surface area contributed by atoms with Crippen LogP contribution in [0.25, 0.3) is 22.6 Å². The van der Waals surface area contributed by atoms with Crippen LogP contribution in [-0.4, -0.2) is 9.97 Å². The fourth-order valence-electron chi connectivity index (χ4n) is 2.41. The molecule has 3 rings (SSSR count). The van der Waals surface area contributed by atoms with Gasteiger partial charge in [0.15, 0.2) is 0 Å². The van der Waals surface area contributed by atoms with Gasteiger partial charge in [-0.3, -0.25) is 9.78 Å². The van der Waals surface area contributed by atoms with Crippen LogP contribution in [0.5, 0.6) is 0 Å². The minimum absolute atomic E-state index is 0.0723. The van der Waals surface area contributed by atoms with Crippen LogP contribution in [0.3, 0.4) is 0 Å². The molecule has 0 bridgehead atoms. The van der Waals surface area contributed by atoms with Gasteiger partial charge in [0, 0.05) is 24.0 Å². The molecule has 21 heavy (non-hydrogen) atoms. The molecule has 3 heteroatoms. The topological polar surface area (TPSA) is 45.8 Å². The van der Waals surface area contributed by atoms with Gasteiger partial charge in [-0.1, -0.05) is 19.1 Å². The molecule has 0 saturated carbocycles. The van der Waals surface area contributed by atoms with E-state index in [1.165, 1.54) is 11.1 Å². The third kappa shape index (κ3) is 2.92. The summed E-state index contributed by atoms with van der Waals surface area (Å²) in [6, 6.07) is 13.5. The molecule has 3 nitrogen and oxygen atoms in total. The van der Waals surface area contributed by atoms with Gasteiger partial charge in [-0.05, 0) is 58.8 Å². The van der Waals surface area contributed by atoms with Crippen molar-refractivity contribution in [2.45, 2.75) is 13.3 Å². The summed E-state index contributed by atoms with van der Waals surface area (Å²) in [5.74, 6) is 0. The van der Waals surface area contributed by atoms with Crippen LogP contribution in [0, 0.1) is 0 Å². The summed E-state index contributed by atoms with van der Waals surface area (Å²) < 4.78 is 0. The highest BCUT2D eigenvalue weighted by molar-refractivity contribution is 5.87. The number of nitrogens with one attached hydrogen (secondary N) is 1. The largest absolute Gasteiger partial charge is 0.322 e. The van der Waals surface area contributed by atoms with Gasteiger partial charge >= 0.3 is 0 Å². The van der Waals surface area contributed by atoms with Crippen molar-refractivity contribution in [3.8, 4) is 0 Å². The summed E-state index contributed by atoms with van der Waals surface area (Å²) in [4.78, 5) is 18.3. The fraction of sp³-hybridized carbons (Fsp3) is 0.111. The monoisotopic (exact) mass is 276 g/mol. The molecular formula is C18H16N2O. The lowest BCUT2D eigenvalue weighted by molar-refractivity contribution is 1.24. The predicted octanol–water partition coefficient (Wildman–Crippen LogP) is 3.87. The SMILES string of the molecule is CCC(=Cc1cccnc1)c1ccc2[nH]c(=O)ccc2c1. The first-order valence-corrected chi connectivity index (χ1v) is 7.00. The Morgan fingerprint density at radius 3 is 2.90 bits per heavy atom. The Morgan fingerprint density at radius 2 is 2.14 bits per heavy atom. The highest BCUT2D eigenvalue weighted by Crippen LogP contribution is 2.24. The summed E-state index contributed by atoms with van der Waals surface area (Å²) in [6.07, 6.45) is 6.72. The van der Waals surface area contributed by atoms with Crippen LogP contribution in [-0.2, 0) is 0 Å². The van der Waals surface area contributed by atoms with Crippen LogP contribution in [0.2, 0.25) is 0 Å². The molecule has 0 radical (unpaired) electrons. The number of aromatic amines is 1.